The molecular weight excluding hydrogens is 408 g/mol. The predicted molar refractivity (Wildman–Crippen MR) is 103 cm³/mol. The van der Waals surface area contributed by atoms with Gasteiger partial charge >= 0.3 is 5.97 Å². The number of nitrogen functional groups attached to an aromatic ring is 1. The number of aliphatic carboxylic acids is 1. The summed E-state index contributed by atoms with van der Waals surface area (Å²) >= 11 is 2.40. The maximum absolute atomic E-state index is 12.7. The molecule has 13 heteroatoms. The minimum absolute atomic E-state index is 0.0983. The van der Waals surface area contributed by atoms with Crippen LogP contribution >= 0.6 is 23.1 Å². The third-order valence-corrected chi connectivity index (χ3v) is 5.91. The Bertz CT molecular complexity index is 854. The number of thiazole rings is 1. The number of hydrogen-bond donors (Lipinski definition) is 4. The summed E-state index contributed by atoms with van der Waals surface area (Å²) < 4.78 is 0. The zero-order chi connectivity index (χ0) is 20.3. The SMILES string of the molecule is NCCCON=C(C(=O)NC1C(=O)N2C=C(C(=O)O)CS[C@H]12)c1csc(N)n1. The van der Waals surface area contributed by atoms with Crippen molar-refractivity contribution in [3.8, 4) is 0 Å². The van der Waals surface area contributed by atoms with Crippen LogP contribution in [0.25, 0.3) is 0 Å². The second kappa shape index (κ2) is 8.58. The Balaban J connectivity index is 1.71. The molecular formula is C15H18N6O5S2. The van der Waals surface area contributed by atoms with Crippen molar-refractivity contribution < 1.29 is 24.3 Å². The number of β-lactam (4-membered cyclic amide) rings is 1. The number of nitrogens with zero attached hydrogens (tertiary/aromatic N) is 3. The van der Waals surface area contributed by atoms with E-state index in [1.54, 1.807) is 5.38 Å². The lowest BCUT2D eigenvalue weighted by atomic mass is 10.1. The van der Waals surface area contributed by atoms with E-state index in [2.05, 4.69) is 15.5 Å². The van der Waals surface area contributed by atoms with Crippen LogP contribution in [0, 0.1) is 0 Å². The molecule has 1 fully saturated rings. The van der Waals surface area contributed by atoms with E-state index < -0.39 is 23.8 Å². The van der Waals surface area contributed by atoms with Crippen molar-refractivity contribution in [3.05, 3.63) is 22.8 Å². The van der Waals surface area contributed by atoms with Crippen LogP contribution in [0.1, 0.15) is 12.1 Å². The van der Waals surface area contributed by atoms with Gasteiger partial charge in [0.15, 0.2) is 10.8 Å². The molecule has 2 amide bonds. The van der Waals surface area contributed by atoms with Gasteiger partial charge in [0.05, 0.1) is 5.57 Å². The lowest BCUT2D eigenvalue weighted by Crippen LogP contribution is -2.69. The number of oxime groups is 1. The van der Waals surface area contributed by atoms with E-state index in [1.807, 2.05) is 0 Å². The second-order valence-electron chi connectivity index (χ2n) is 5.84. The van der Waals surface area contributed by atoms with Gasteiger partial charge in [-0.2, -0.15) is 0 Å². The average molecular weight is 426 g/mol. The summed E-state index contributed by atoms with van der Waals surface area (Å²) in [6.07, 6.45) is 1.87. The van der Waals surface area contributed by atoms with Gasteiger partial charge in [-0.3, -0.25) is 9.59 Å². The Morgan fingerprint density at radius 2 is 2.29 bits per heavy atom. The summed E-state index contributed by atoms with van der Waals surface area (Å²) in [5.41, 5.74) is 11.3. The maximum atomic E-state index is 12.7. The van der Waals surface area contributed by atoms with Crippen molar-refractivity contribution >= 4 is 51.7 Å². The van der Waals surface area contributed by atoms with Crippen molar-refractivity contribution in [2.45, 2.75) is 17.8 Å². The molecule has 11 nitrogen and oxygen atoms in total. The number of amides is 2. The highest BCUT2D eigenvalue weighted by atomic mass is 32.2. The fourth-order valence-electron chi connectivity index (χ4n) is 2.50. The number of aromatic nitrogens is 1. The minimum Gasteiger partial charge on any atom is -0.478 e. The normalized spacial score (nSPS) is 21.5. The molecule has 2 aliphatic heterocycles. The molecule has 1 saturated heterocycles. The molecule has 150 valence electrons. The standard InChI is InChI=1S/C15H18N6O5S2/c16-2-1-3-26-20-9(8-6-28-15(17)18-8)11(22)19-10-12(23)21-4-7(14(24)25)5-27-13(10)21/h4,6,10,13H,1-3,5,16H2,(H2,17,18)(H,19,22)(H,24,25)/t10?,13-/m1/s1. The van der Waals surface area contributed by atoms with E-state index in [0.29, 0.717) is 13.0 Å². The average Bonchev–Trinajstić information content (AvgIpc) is 3.11. The summed E-state index contributed by atoms with van der Waals surface area (Å²) in [5.74, 6) is -1.87. The maximum Gasteiger partial charge on any atom is 0.333 e. The summed E-state index contributed by atoms with van der Waals surface area (Å²) in [4.78, 5) is 46.5. The van der Waals surface area contributed by atoms with Gasteiger partial charge in [0, 0.05) is 17.3 Å². The number of carboxylic acids is 1. The molecule has 0 saturated carbocycles. The Hall–Kier alpha value is -2.64. The third-order valence-electron chi connectivity index (χ3n) is 3.92. The van der Waals surface area contributed by atoms with Crippen LogP contribution in [0.15, 0.2) is 22.3 Å². The molecule has 3 rings (SSSR count). The Morgan fingerprint density at radius 3 is 2.93 bits per heavy atom. The van der Waals surface area contributed by atoms with Crippen molar-refractivity contribution in [1.29, 1.82) is 0 Å². The fraction of sp³-hybridized carbons (Fsp3) is 0.400. The van der Waals surface area contributed by atoms with Gasteiger partial charge in [0.1, 0.15) is 23.7 Å². The zero-order valence-corrected chi connectivity index (χ0v) is 16.2. The number of nitrogens with two attached hydrogens (primary N) is 2. The van der Waals surface area contributed by atoms with Crippen LogP contribution in [-0.2, 0) is 19.2 Å². The van der Waals surface area contributed by atoms with Crippen LogP contribution < -0.4 is 16.8 Å². The largest absolute Gasteiger partial charge is 0.478 e. The number of carboxylic acid groups (broad SMARTS) is 1. The first-order chi connectivity index (χ1) is 13.4. The van der Waals surface area contributed by atoms with Crippen molar-refractivity contribution in [1.82, 2.24) is 15.2 Å². The molecule has 0 spiro atoms. The highest BCUT2D eigenvalue weighted by molar-refractivity contribution is 8.00. The molecule has 0 aromatic carbocycles. The van der Waals surface area contributed by atoms with Gasteiger partial charge in [-0.25, -0.2) is 9.78 Å². The van der Waals surface area contributed by atoms with Crippen molar-refractivity contribution in [3.63, 3.8) is 0 Å². The highest BCUT2D eigenvalue weighted by Gasteiger charge is 2.50. The number of rotatable bonds is 8. The van der Waals surface area contributed by atoms with Crippen LogP contribution in [-0.4, -0.2) is 68.8 Å². The molecule has 3 heterocycles. The topological polar surface area (TPSA) is 173 Å². The Labute approximate surface area is 167 Å². The van der Waals surface area contributed by atoms with E-state index in [-0.39, 0.29) is 39.8 Å². The molecule has 2 aliphatic rings. The molecule has 0 bridgehead atoms. The van der Waals surface area contributed by atoms with Gasteiger partial charge in [-0.1, -0.05) is 5.16 Å². The van der Waals surface area contributed by atoms with Gasteiger partial charge in [0.2, 0.25) is 0 Å². The number of nitrogens with one attached hydrogen (secondary N) is 1. The van der Waals surface area contributed by atoms with Crippen molar-refractivity contribution in [2.24, 2.45) is 10.9 Å². The third kappa shape index (κ3) is 4.10. The number of thioether (sulfide) groups is 1. The Kier molecular flexibility index (Phi) is 6.16. The monoisotopic (exact) mass is 426 g/mol. The summed E-state index contributed by atoms with van der Waals surface area (Å²) in [6, 6.07) is -0.797. The molecule has 6 N–H and O–H groups in total. The van der Waals surface area contributed by atoms with Gasteiger partial charge < -0.3 is 31.6 Å². The molecule has 0 radical (unpaired) electrons. The molecule has 1 unspecified atom stereocenters. The Morgan fingerprint density at radius 1 is 1.50 bits per heavy atom. The molecule has 2 atom stereocenters. The van der Waals surface area contributed by atoms with E-state index >= 15 is 0 Å². The summed E-state index contributed by atoms with van der Waals surface area (Å²) in [7, 11) is 0. The number of carbonyl (C=O) groups is 3. The van der Waals surface area contributed by atoms with Gasteiger partial charge in [-0.05, 0) is 13.0 Å². The van der Waals surface area contributed by atoms with Gasteiger partial charge in [0.25, 0.3) is 11.8 Å². The lowest BCUT2D eigenvalue weighted by molar-refractivity contribution is -0.144. The highest BCUT2D eigenvalue weighted by Crippen LogP contribution is 2.36. The van der Waals surface area contributed by atoms with E-state index in [0.717, 1.165) is 11.3 Å². The second-order valence-corrected chi connectivity index (χ2v) is 7.84. The van der Waals surface area contributed by atoms with Gasteiger partial charge in [-0.15, -0.1) is 23.1 Å². The number of anilines is 1. The lowest BCUT2D eigenvalue weighted by Gasteiger charge is -2.46. The molecule has 1 aromatic heterocycles. The van der Waals surface area contributed by atoms with Crippen LogP contribution in [0.3, 0.4) is 0 Å². The van der Waals surface area contributed by atoms with E-state index in [1.165, 1.54) is 22.9 Å². The smallest absolute Gasteiger partial charge is 0.333 e. The number of hydrogen-bond acceptors (Lipinski definition) is 10. The zero-order valence-electron chi connectivity index (χ0n) is 14.5. The summed E-state index contributed by atoms with van der Waals surface area (Å²) in [6.45, 7) is 0.641. The van der Waals surface area contributed by atoms with Crippen LogP contribution in [0.5, 0.6) is 0 Å². The molecule has 28 heavy (non-hydrogen) atoms. The predicted octanol–water partition coefficient (Wildman–Crippen LogP) is -0.837. The first-order valence-electron chi connectivity index (χ1n) is 8.22. The quantitative estimate of drug-likeness (QED) is 0.179. The fourth-order valence-corrected chi connectivity index (χ4v) is 4.30. The van der Waals surface area contributed by atoms with E-state index in [9.17, 15) is 14.4 Å². The first-order valence-corrected chi connectivity index (χ1v) is 10.1. The van der Waals surface area contributed by atoms with Crippen LogP contribution in [0.4, 0.5) is 5.13 Å². The number of fused-ring (bicyclic) bond motifs is 1. The summed E-state index contributed by atoms with van der Waals surface area (Å²) in [5, 5.41) is 16.9. The minimum atomic E-state index is -1.07. The molecule has 1 aromatic rings. The first kappa shape index (κ1) is 20.1. The van der Waals surface area contributed by atoms with Crippen LogP contribution in [0.2, 0.25) is 0 Å². The number of carbonyl (C=O) groups excluding carboxylic acids is 2. The molecule has 0 aliphatic carbocycles. The van der Waals surface area contributed by atoms with Crippen molar-refractivity contribution in [2.75, 3.05) is 24.6 Å². The van der Waals surface area contributed by atoms with E-state index in [4.69, 9.17) is 21.4 Å².